The molecule has 7 heteroatoms. The first-order valence-electron chi connectivity index (χ1n) is 8.44. The number of nitrogens with zero attached hydrogens (tertiary/aromatic N) is 2. The molecule has 0 saturated carbocycles. The van der Waals surface area contributed by atoms with Crippen LogP contribution in [0.3, 0.4) is 0 Å². The van der Waals surface area contributed by atoms with Crippen molar-refractivity contribution < 1.29 is 4.79 Å². The molecule has 4 aromatic rings. The average Bonchev–Trinajstić information content (AvgIpc) is 3.20. The Balaban J connectivity index is 1.49. The summed E-state index contributed by atoms with van der Waals surface area (Å²) >= 11 is 12.0. The average molecular weight is 409 g/mol. The maximum absolute atomic E-state index is 12.3. The zero-order valence-electron chi connectivity index (χ0n) is 14.5. The molecule has 5 nitrogen and oxygen atoms in total. The minimum Gasteiger partial charge on any atom is -0.272 e. The standard InChI is InChI=1S/C21H14Cl2N4O/c22-17-9-8-14(10-18(17)23)19-11-20(26-25-19)21(28)27-24-12-15-6-3-5-13-4-1-2-7-16(13)15/h1-12H,(H,25,26)(H,27,28)/b24-12-. The number of benzene rings is 3. The van der Waals surface area contributed by atoms with Crippen LogP contribution in [0, 0.1) is 0 Å². The number of hydrogen-bond donors (Lipinski definition) is 2. The molecule has 1 aromatic heterocycles. The van der Waals surface area contributed by atoms with Gasteiger partial charge in [0.05, 0.1) is 22.0 Å². The largest absolute Gasteiger partial charge is 0.289 e. The molecular weight excluding hydrogens is 395 g/mol. The van der Waals surface area contributed by atoms with Crippen molar-refractivity contribution in [2.24, 2.45) is 5.10 Å². The van der Waals surface area contributed by atoms with E-state index >= 15 is 0 Å². The highest BCUT2D eigenvalue weighted by Gasteiger charge is 2.11. The van der Waals surface area contributed by atoms with Crippen LogP contribution >= 0.6 is 23.2 Å². The van der Waals surface area contributed by atoms with Crippen molar-refractivity contribution >= 4 is 46.1 Å². The third-order valence-corrected chi connectivity index (χ3v) is 4.97. The van der Waals surface area contributed by atoms with Gasteiger partial charge in [-0.1, -0.05) is 71.7 Å². The van der Waals surface area contributed by atoms with Gasteiger partial charge in [-0.05, 0) is 29.0 Å². The summed E-state index contributed by atoms with van der Waals surface area (Å²) in [7, 11) is 0. The Morgan fingerprint density at radius 2 is 1.82 bits per heavy atom. The van der Waals surface area contributed by atoms with Crippen molar-refractivity contribution in [2.75, 3.05) is 0 Å². The summed E-state index contributed by atoms with van der Waals surface area (Å²) in [6.45, 7) is 0. The van der Waals surface area contributed by atoms with E-state index in [0.29, 0.717) is 15.7 Å². The fraction of sp³-hybridized carbons (Fsp3) is 0. The fourth-order valence-corrected chi connectivity index (χ4v) is 3.12. The number of hydrazone groups is 1. The molecule has 0 spiro atoms. The number of aromatic nitrogens is 2. The van der Waals surface area contributed by atoms with E-state index in [9.17, 15) is 4.79 Å². The Morgan fingerprint density at radius 3 is 2.68 bits per heavy atom. The molecule has 0 saturated heterocycles. The van der Waals surface area contributed by atoms with Gasteiger partial charge in [-0.2, -0.15) is 10.2 Å². The van der Waals surface area contributed by atoms with E-state index in [0.717, 1.165) is 21.9 Å². The van der Waals surface area contributed by atoms with Gasteiger partial charge in [-0.15, -0.1) is 0 Å². The Labute approximate surface area is 171 Å². The zero-order valence-corrected chi connectivity index (χ0v) is 16.0. The molecule has 4 rings (SSSR count). The molecule has 0 bridgehead atoms. The number of fused-ring (bicyclic) bond motifs is 1. The minimum absolute atomic E-state index is 0.288. The fourth-order valence-electron chi connectivity index (χ4n) is 2.83. The van der Waals surface area contributed by atoms with Gasteiger partial charge in [-0.3, -0.25) is 9.89 Å². The summed E-state index contributed by atoms with van der Waals surface area (Å²) in [6, 6.07) is 20.7. The van der Waals surface area contributed by atoms with E-state index in [2.05, 4.69) is 20.7 Å². The van der Waals surface area contributed by atoms with E-state index in [1.165, 1.54) is 0 Å². The number of H-pyrrole nitrogens is 1. The predicted octanol–water partition coefficient (Wildman–Crippen LogP) is 5.30. The molecule has 0 radical (unpaired) electrons. The number of aromatic amines is 1. The minimum atomic E-state index is -0.393. The SMILES string of the molecule is O=C(N/N=C\c1cccc2ccccc12)c1cc(-c2ccc(Cl)c(Cl)c2)n[nH]1. The molecule has 0 atom stereocenters. The van der Waals surface area contributed by atoms with E-state index in [-0.39, 0.29) is 5.69 Å². The molecular formula is C21H14Cl2N4O. The van der Waals surface area contributed by atoms with Gasteiger partial charge < -0.3 is 0 Å². The van der Waals surface area contributed by atoms with Crippen LogP contribution in [-0.4, -0.2) is 22.3 Å². The topological polar surface area (TPSA) is 70.1 Å². The van der Waals surface area contributed by atoms with Crippen LogP contribution in [0.5, 0.6) is 0 Å². The van der Waals surface area contributed by atoms with Crippen molar-refractivity contribution in [2.45, 2.75) is 0 Å². The number of halogens is 2. The molecule has 138 valence electrons. The van der Waals surface area contributed by atoms with Gasteiger partial charge in [0.1, 0.15) is 5.69 Å². The molecule has 1 heterocycles. The van der Waals surface area contributed by atoms with Gasteiger partial charge in [0, 0.05) is 11.1 Å². The summed E-state index contributed by atoms with van der Waals surface area (Å²) in [5.74, 6) is -0.393. The third kappa shape index (κ3) is 3.76. The van der Waals surface area contributed by atoms with Gasteiger partial charge >= 0.3 is 0 Å². The van der Waals surface area contributed by atoms with Gasteiger partial charge in [0.2, 0.25) is 0 Å². The van der Waals surface area contributed by atoms with Crippen LogP contribution in [0.1, 0.15) is 16.1 Å². The van der Waals surface area contributed by atoms with Crippen LogP contribution in [0.15, 0.2) is 71.8 Å². The van der Waals surface area contributed by atoms with Crippen molar-refractivity contribution in [1.29, 1.82) is 0 Å². The van der Waals surface area contributed by atoms with Crippen LogP contribution < -0.4 is 5.43 Å². The van der Waals surface area contributed by atoms with Crippen molar-refractivity contribution in [1.82, 2.24) is 15.6 Å². The number of nitrogens with one attached hydrogen (secondary N) is 2. The predicted molar refractivity (Wildman–Crippen MR) is 113 cm³/mol. The van der Waals surface area contributed by atoms with Crippen molar-refractivity contribution in [3.63, 3.8) is 0 Å². The molecule has 0 aliphatic carbocycles. The Hall–Kier alpha value is -3.15. The zero-order chi connectivity index (χ0) is 19.5. The van der Waals surface area contributed by atoms with E-state index in [4.69, 9.17) is 23.2 Å². The summed E-state index contributed by atoms with van der Waals surface area (Å²) < 4.78 is 0. The second-order valence-corrected chi connectivity index (χ2v) is 6.88. The lowest BCUT2D eigenvalue weighted by molar-refractivity contribution is 0.0950. The molecule has 0 aliphatic rings. The van der Waals surface area contributed by atoms with Crippen LogP contribution in [0.25, 0.3) is 22.0 Å². The molecule has 0 fully saturated rings. The number of amides is 1. The van der Waals surface area contributed by atoms with Gasteiger partial charge in [0.25, 0.3) is 5.91 Å². The molecule has 2 N–H and O–H groups in total. The quantitative estimate of drug-likeness (QED) is 0.355. The maximum atomic E-state index is 12.3. The first kappa shape index (κ1) is 18.2. The third-order valence-electron chi connectivity index (χ3n) is 4.23. The molecule has 28 heavy (non-hydrogen) atoms. The Morgan fingerprint density at radius 1 is 1.00 bits per heavy atom. The second kappa shape index (κ2) is 7.84. The highest BCUT2D eigenvalue weighted by Crippen LogP contribution is 2.27. The van der Waals surface area contributed by atoms with Crippen molar-refractivity contribution in [3.8, 4) is 11.3 Å². The van der Waals surface area contributed by atoms with E-state index < -0.39 is 5.91 Å². The number of rotatable bonds is 4. The molecule has 3 aromatic carbocycles. The molecule has 0 unspecified atom stereocenters. The van der Waals surface area contributed by atoms with E-state index in [1.54, 1.807) is 30.5 Å². The van der Waals surface area contributed by atoms with Gasteiger partial charge in [-0.25, -0.2) is 5.43 Å². The van der Waals surface area contributed by atoms with Gasteiger partial charge in [0.15, 0.2) is 0 Å². The lowest BCUT2D eigenvalue weighted by Crippen LogP contribution is -2.18. The summed E-state index contributed by atoms with van der Waals surface area (Å²) in [5.41, 5.74) is 5.05. The molecule has 0 aliphatic heterocycles. The second-order valence-electron chi connectivity index (χ2n) is 6.06. The maximum Gasteiger partial charge on any atom is 0.289 e. The highest BCUT2D eigenvalue weighted by molar-refractivity contribution is 6.42. The summed E-state index contributed by atoms with van der Waals surface area (Å²) in [5, 5.41) is 14.0. The lowest BCUT2D eigenvalue weighted by atomic mass is 10.1. The first-order valence-corrected chi connectivity index (χ1v) is 9.19. The lowest BCUT2D eigenvalue weighted by Gasteiger charge is -2.01. The number of hydrogen-bond acceptors (Lipinski definition) is 3. The van der Waals surface area contributed by atoms with Crippen LogP contribution in [-0.2, 0) is 0 Å². The number of carbonyl (C=O) groups excluding carboxylic acids is 1. The van der Waals surface area contributed by atoms with Crippen LogP contribution in [0.4, 0.5) is 0 Å². The molecule has 1 amide bonds. The Kier molecular flexibility index (Phi) is 5.10. The summed E-state index contributed by atoms with van der Waals surface area (Å²) in [6.07, 6.45) is 1.62. The number of carbonyl (C=O) groups is 1. The Bertz CT molecular complexity index is 1190. The first-order chi connectivity index (χ1) is 13.6. The van der Waals surface area contributed by atoms with E-state index in [1.807, 2.05) is 42.5 Å². The smallest absolute Gasteiger partial charge is 0.272 e. The normalized spacial score (nSPS) is 11.2. The monoisotopic (exact) mass is 408 g/mol. The highest BCUT2D eigenvalue weighted by atomic mass is 35.5. The summed E-state index contributed by atoms with van der Waals surface area (Å²) in [4.78, 5) is 12.3. The van der Waals surface area contributed by atoms with Crippen molar-refractivity contribution in [3.05, 3.63) is 88.0 Å². The van der Waals surface area contributed by atoms with Crippen LogP contribution in [0.2, 0.25) is 10.0 Å².